The summed E-state index contributed by atoms with van der Waals surface area (Å²) in [5.41, 5.74) is 2.46. The molecule has 5 heteroatoms. The summed E-state index contributed by atoms with van der Waals surface area (Å²) < 4.78 is 8.94. The summed E-state index contributed by atoms with van der Waals surface area (Å²) in [6.45, 7) is 3.46. The normalized spacial score (nSPS) is 15.7. The van der Waals surface area contributed by atoms with Gasteiger partial charge in [0.1, 0.15) is 12.4 Å². The van der Waals surface area contributed by atoms with Gasteiger partial charge in [0.05, 0.1) is 12.0 Å². The van der Waals surface area contributed by atoms with Crippen molar-refractivity contribution >= 4 is 15.9 Å². The Hall–Kier alpha value is -1.33. The first-order valence-corrected chi connectivity index (χ1v) is 7.10. The second-order valence-electron chi connectivity index (χ2n) is 4.81. The van der Waals surface area contributed by atoms with Crippen molar-refractivity contribution < 1.29 is 4.74 Å². The van der Waals surface area contributed by atoms with Gasteiger partial charge in [0.2, 0.25) is 0 Å². The van der Waals surface area contributed by atoms with E-state index >= 15 is 0 Å². The molecule has 0 saturated carbocycles. The standard InChI is InChI=1S/C14H16BrN3O/c1-17-10-16-7-13(17)9-18-4-5-19-14-6-12(15)3-2-11(14)8-18/h2-3,6-7,10H,4-5,8-9H2,1H3. The third kappa shape index (κ3) is 2.82. The molecule has 0 N–H and O–H groups in total. The Morgan fingerprint density at radius 3 is 3.11 bits per heavy atom. The number of benzene rings is 1. The van der Waals surface area contributed by atoms with E-state index in [9.17, 15) is 0 Å². The average Bonchev–Trinajstić information content (AvgIpc) is 2.68. The Balaban J connectivity index is 1.78. The molecule has 19 heavy (non-hydrogen) atoms. The number of nitrogens with zero attached hydrogens (tertiary/aromatic N) is 3. The molecule has 2 aromatic rings. The van der Waals surface area contributed by atoms with Gasteiger partial charge >= 0.3 is 0 Å². The van der Waals surface area contributed by atoms with Crippen LogP contribution in [0, 0.1) is 0 Å². The van der Waals surface area contributed by atoms with Gasteiger partial charge in [0, 0.05) is 42.9 Å². The first kappa shape index (κ1) is 12.7. The van der Waals surface area contributed by atoms with Crippen LogP contribution in [0.5, 0.6) is 5.75 Å². The van der Waals surface area contributed by atoms with Gasteiger partial charge in [0.15, 0.2) is 0 Å². The van der Waals surface area contributed by atoms with Crippen LogP contribution in [0.3, 0.4) is 0 Å². The molecule has 2 heterocycles. The largest absolute Gasteiger partial charge is 0.492 e. The van der Waals surface area contributed by atoms with Crippen LogP contribution in [0.15, 0.2) is 35.2 Å². The molecule has 4 nitrogen and oxygen atoms in total. The van der Waals surface area contributed by atoms with Crippen LogP contribution in [0.4, 0.5) is 0 Å². The lowest BCUT2D eigenvalue weighted by Crippen LogP contribution is -2.26. The highest BCUT2D eigenvalue weighted by atomic mass is 79.9. The molecular formula is C14H16BrN3O. The molecule has 0 aliphatic carbocycles. The zero-order chi connectivity index (χ0) is 13.2. The Bertz CT molecular complexity index is 582. The summed E-state index contributed by atoms with van der Waals surface area (Å²) >= 11 is 3.48. The minimum Gasteiger partial charge on any atom is -0.492 e. The molecule has 100 valence electrons. The maximum absolute atomic E-state index is 5.81. The number of ether oxygens (including phenoxy) is 1. The van der Waals surface area contributed by atoms with E-state index in [1.165, 1.54) is 11.3 Å². The van der Waals surface area contributed by atoms with Gasteiger partial charge in [-0.3, -0.25) is 4.90 Å². The molecule has 0 amide bonds. The molecule has 0 radical (unpaired) electrons. The Labute approximate surface area is 121 Å². The lowest BCUT2D eigenvalue weighted by atomic mass is 10.2. The molecule has 1 aromatic heterocycles. The molecular weight excluding hydrogens is 306 g/mol. The van der Waals surface area contributed by atoms with E-state index in [-0.39, 0.29) is 0 Å². The number of aryl methyl sites for hydroxylation is 1. The van der Waals surface area contributed by atoms with Crippen molar-refractivity contribution in [2.45, 2.75) is 13.1 Å². The van der Waals surface area contributed by atoms with Gasteiger partial charge in [-0.2, -0.15) is 0 Å². The van der Waals surface area contributed by atoms with E-state index in [4.69, 9.17) is 4.74 Å². The van der Waals surface area contributed by atoms with Crippen molar-refractivity contribution in [3.05, 3.63) is 46.5 Å². The minimum atomic E-state index is 0.724. The highest BCUT2D eigenvalue weighted by molar-refractivity contribution is 9.10. The minimum absolute atomic E-state index is 0.724. The summed E-state index contributed by atoms with van der Waals surface area (Å²) in [7, 11) is 2.03. The van der Waals surface area contributed by atoms with Crippen molar-refractivity contribution in [3.63, 3.8) is 0 Å². The number of halogens is 1. The first-order valence-electron chi connectivity index (χ1n) is 6.31. The quantitative estimate of drug-likeness (QED) is 0.851. The molecule has 0 bridgehead atoms. The van der Waals surface area contributed by atoms with Gasteiger partial charge in [-0.15, -0.1) is 0 Å². The van der Waals surface area contributed by atoms with Gasteiger partial charge in [-0.1, -0.05) is 22.0 Å². The fraction of sp³-hybridized carbons (Fsp3) is 0.357. The number of imidazole rings is 1. The maximum Gasteiger partial charge on any atom is 0.124 e. The molecule has 0 unspecified atom stereocenters. The fourth-order valence-corrected chi connectivity index (χ4v) is 2.64. The van der Waals surface area contributed by atoms with Crippen molar-refractivity contribution in [2.75, 3.05) is 13.2 Å². The zero-order valence-electron chi connectivity index (χ0n) is 10.8. The average molecular weight is 322 g/mol. The van der Waals surface area contributed by atoms with E-state index in [1.807, 2.05) is 25.6 Å². The first-order chi connectivity index (χ1) is 9.22. The van der Waals surface area contributed by atoms with E-state index in [0.29, 0.717) is 0 Å². The Morgan fingerprint density at radius 2 is 2.32 bits per heavy atom. The van der Waals surface area contributed by atoms with E-state index in [2.05, 4.69) is 42.5 Å². The van der Waals surface area contributed by atoms with Crippen LogP contribution in [-0.2, 0) is 20.1 Å². The van der Waals surface area contributed by atoms with Crippen LogP contribution >= 0.6 is 15.9 Å². The number of fused-ring (bicyclic) bond motifs is 1. The van der Waals surface area contributed by atoms with E-state index in [0.717, 1.165) is 36.5 Å². The summed E-state index contributed by atoms with van der Waals surface area (Å²) in [6.07, 6.45) is 3.77. The molecule has 0 fully saturated rings. The zero-order valence-corrected chi connectivity index (χ0v) is 12.4. The fourth-order valence-electron chi connectivity index (χ4n) is 2.30. The summed E-state index contributed by atoms with van der Waals surface area (Å²) in [5, 5.41) is 0. The van der Waals surface area contributed by atoms with Gasteiger partial charge in [-0.05, 0) is 12.1 Å². The maximum atomic E-state index is 5.81. The molecule has 0 saturated heterocycles. The predicted molar refractivity (Wildman–Crippen MR) is 77.0 cm³/mol. The number of aromatic nitrogens is 2. The predicted octanol–water partition coefficient (Wildman–Crippen LogP) is 2.58. The lowest BCUT2D eigenvalue weighted by molar-refractivity contribution is 0.216. The van der Waals surface area contributed by atoms with Crippen molar-refractivity contribution in [1.82, 2.24) is 14.5 Å². The van der Waals surface area contributed by atoms with Crippen LogP contribution in [0.25, 0.3) is 0 Å². The summed E-state index contributed by atoms with van der Waals surface area (Å²) in [6, 6.07) is 6.24. The molecule has 1 aromatic carbocycles. The number of hydrogen-bond donors (Lipinski definition) is 0. The van der Waals surface area contributed by atoms with Gasteiger partial charge in [0.25, 0.3) is 0 Å². The number of rotatable bonds is 2. The monoisotopic (exact) mass is 321 g/mol. The third-order valence-electron chi connectivity index (χ3n) is 3.39. The van der Waals surface area contributed by atoms with Crippen molar-refractivity contribution in [3.8, 4) is 5.75 Å². The number of hydrogen-bond acceptors (Lipinski definition) is 3. The van der Waals surface area contributed by atoms with E-state index < -0.39 is 0 Å². The lowest BCUT2D eigenvalue weighted by Gasteiger charge is -2.19. The smallest absolute Gasteiger partial charge is 0.124 e. The van der Waals surface area contributed by atoms with Crippen LogP contribution in [-0.4, -0.2) is 27.6 Å². The molecule has 0 atom stereocenters. The van der Waals surface area contributed by atoms with Crippen molar-refractivity contribution in [2.24, 2.45) is 7.05 Å². The SMILES string of the molecule is Cn1cncc1CN1CCOc2cc(Br)ccc2C1. The molecule has 1 aliphatic heterocycles. The second-order valence-corrected chi connectivity index (χ2v) is 5.72. The molecule has 0 spiro atoms. The molecule has 1 aliphatic rings. The van der Waals surface area contributed by atoms with Crippen LogP contribution in [0.2, 0.25) is 0 Å². The summed E-state index contributed by atoms with van der Waals surface area (Å²) in [5.74, 6) is 0.988. The van der Waals surface area contributed by atoms with Gasteiger partial charge < -0.3 is 9.30 Å². The van der Waals surface area contributed by atoms with E-state index in [1.54, 1.807) is 0 Å². The highest BCUT2D eigenvalue weighted by Crippen LogP contribution is 2.27. The topological polar surface area (TPSA) is 30.3 Å². The molecule has 3 rings (SSSR count). The Kier molecular flexibility index (Phi) is 3.57. The highest BCUT2D eigenvalue weighted by Gasteiger charge is 2.16. The summed E-state index contributed by atoms with van der Waals surface area (Å²) in [4.78, 5) is 6.55. The Morgan fingerprint density at radius 1 is 1.42 bits per heavy atom. The second kappa shape index (κ2) is 5.35. The van der Waals surface area contributed by atoms with Crippen LogP contribution < -0.4 is 4.74 Å². The van der Waals surface area contributed by atoms with Crippen molar-refractivity contribution in [1.29, 1.82) is 0 Å². The van der Waals surface area contributed by atoms with Gasteiger partial charge in [-0.25, -0.2) is 4.98 Å². The third-order valence-corrected chi connectivity index (χ3v) is 3.88. The van der Waals surface area contributed by atoms with Crippen LogP contribution in [0.1, 0.15) is 11.3 Å².